The molecule has 1 aromatic rings. The zero-order valence-electron chi connectivity index (χ0n) is 8.03. The molecule has 14 heavy (non-hydrogen) atoms. The summed E-state index contributed by atoms with van der Waals surface area (Å²) in [5, 5.41) is -0.508. The van der Waals surface area contributed by atoms with Gasteiger partial charge in [-0.15, -0.1) is 11.8 Å². The topological polar surface area (TPSA) is 34.1 Å². The third kappa shape index (κ3) is 1.28. The van der Waals surface area contributed by atoms with Crippen LogP contribution in [0.2, 0.25) is 0 Å². The Labute approximate surface area is 86.7 Å². The van der Waals surface area contributed by atoms with Crippen LogP contribution in [0.25, 0.3) is 0 Å². The first-order valence-electron chi connectivity index (χ1n) is 4.42. The van der Waals surface area contributed by atoms with Crippen LogP contribution < -0.4 is 0 Å². The van der Waals surface area contributed by atoms with Gasteiger partial charge in [-0.3, -0.25) is 9.59 Å². The van der Waals surface area contributed by atoms with E-state index in [1.54, 1.807) is 6.07 Å². The van der Waals surface area contributed by atoms with Crippen LogP contribution in [0.1, 0.15) is 22.8 Å². The molecule has 0 N–H and O–H groups in total. The number of hydrogen-bond acceptors (Lipinski definition) is 3. The van der Waals surface area contributed by atoms with Crippen LogP contribution in [0.3, 0.4) is 0 Å². The molecular weight excluding hydrogens is 196 g/mol. The van der Waals surface area contributed by atoms with Crippen molar-refractivity contribution in [1.82, 2.24) is 0 Å². The van der Waals surface area contributed by atoms with Crippen molar-refractivity contribution in [3.63, 3.8) is 0 Å². The molecule has 0 aliphatic carbocycles. The monoisotopic (exact) mass is 206 g/mol. The SMILES string of the molecule is CC(=O)C1Sc2c(C)cccc2C1=O. The molecule has 1 aromatic carbocycles. The molecule has 1 unspecified atom stereocenters. The first-order valence-corrected chi connectivity index (χ1v) is 5.30. The van der Waals surface area contributed by atoms with Gasteiger partial charge in [0.15, 0.2) is 11.6 Å². The highest BCUT2D eigenvalue weighted by Gasteiger charge is 2.35. The van der Waals surface area contributed by atoms with E-state index in [-0.39, 0.29) is 11.6 Å². The minimum Gasteiger partial charge on any atom is -0.298 e. The third-order valence-corrected chi connectivity index (χ3v) is 3.88. The molecule has 3 heteroatoms. The number of fused-ring (bicyclic) bond motifs is 1. The number of Topliss-reactive ketones (excluding diaryl/α,β-unsaturated/α-hetero) is 2. The van der Waals surface area contributed by atoms with E-state index in [1.807, 2.05) is 19.1 Å². The predicted octanol–water partition coefficient (Wildman–Crippen LogP) is 2.24. The second-order valence-electron chi connectivity index (χ2n) is 3.42. The van der Waals surface area contributed by atoms with Gasteiger partial charge < -0.3 is 0 Å². The number of benzene rings is 1. The van der Waals surface area contributed by atoms with Crippen molar-refractivity contribution >= 4 is 23.3 Å². The Morgan fingerprint density at radius 2 is 2.14 bits per heavy atom. The van der Waals surface area contributed by atoms with Crippen LogP contribution in [0.15, 0.2) is 23.1 Å². The van der Waals surface area contributed by atoms with Gasteiger partial charge in [-0.05, 0) is 19.4 Å². The van der Waals surface area contributed by atoms with Gasteiger partial charge in [0.2, 0.25) is 0 Å². The van der Waals surface area contributed by atoms with Gasteiger partial charge in [0, 0.05) is 10.5 Å². The number of carbonyl (C=O) groups excluding carboxylic acids is 2. The maximum absolute atomic E-state index is 11.7. The lowest BCUT2D eigenvalue weighted by Gasteiger charge is -2.00. The standard InChI is InChI=1S/C11H10O2S/c1-6-4-3-5-8-9(13)11(7(2)12)14-10(6)8/h3-5,11H,1-2H3. The minimum atomic E-state index is -0.508. The summed E-state index contributed by atoms with van der Waals surface area (Å²) in [7, 11) is 0. The lowest BCUT2D eigenvalue weighted by molar-refractivity contribution is -0.115. The zero-order valence-corrected chi connectivity index (χ0v) is 8.85. The molecule has 0 radical (unpaired) electrons. The van der Waals surface area contributed by atoms with E-state index in [0.717, 1.165) is 10.5 Å². The van der Waals surface area contributed by atoms with Crippen molar-refractivity contribution in [2.75, 3.05) is 0 Å². The first-order chi connectivity index (χ1) is 6.61. The zero-order chi connectivity index (χ0) is 10.3. The number of rotatable bonds is 1. The molecule has 2 nitrogen and oxygen atoms in total. The van der Waals surface area contributed by atoms with Gasteiger partial charge in [-0.25, -0.2) is 0 Å². The van der Waals surface area contributed by atoms with E-state index < -0.39 is 5.25 Å². The fourth-order valence-corrected chi connectivity index (χ4v) is 2.77. The summed E-state index contributed by atoms with van der Waals surface area (Å²) in [6, 6.07) is 5.61. The van der Waals surface area contributed by atoms with Crippen LogP contribution in [-0.4, -0.2) is 16.8 Å². The van der Waals surface area contributed by atoms with Gasteiger partial charge in [0.05, 0.1) is 0 Å². The number of aryl methyl sites for hydroxylation is 1. The molecule has 0 spiro atoms. The molecule has 0 saturated heterocycles. The fourth-order valence-electron chi connectivity index (χ4n) is 1.58. The van der Waals surface area contributed by atoms with Crippen molar-refractivity contribution in [2.24, 2.45) is 0 Å². The summed E-state index contributed by atoms with van der Waals surface area (Å²) in [5.41, 5.74) is 1.78. The molecule has 1 heterocycles. The second-order valence-corrected chi connectivity index (χ2v) is 4.54. The largest absolute Gasteiger partial charge is 0.298 e. The fraction of sp³-hybridized carbons (Fsp3) is 0.273. The summed E-state index contributed by atoms with van der Waals surface area (Å²) < 4.78 is 0. The Morgan fingerprint density at radius 3 is 2.71 bits per heavy atom. The molecule has 0 saturated carbocycles. The van der Waals surface area contributed by atoms with Crippen molar-refractivity contribution in [1.29, 1.82) is 0 Å². The van der Waals surface area contributed by atoms with E-state index in [0.29, 0.717) is 5.56 Å². The van der Waals surface area contributed by atoms with Crippen LogP contribution in [0.4, 0.5) is 0 Å². The number of ketones is 2. The predicted molar refractivity (Wildman–Crippen MR) is 55.8 cm³/mol. The molecule has 1 atom stereocenters. The molecule has 1 aliphatic heterocycles. The number of thioether (sulfide) groups is 1. The highest BCUT2D eigenvalue weighted by Crippen LogP contribution is 2.39. The Balaban J connectivity index is 2.50. The summed E-state index contributed by atoms with van der Waals surface area (Å²) in [6.45, 7) is 3.43. The smallest absolute Gasteiger partial charge is 0.184 e. The molecule has 2 rings (SSSR count). The minimum absolute atomic E-state index is 0.0406. The van der Waals surface area contributed by atoms with Gasteiger partial charge in [0.1, 0.15) is 5.25 Å². The Bertz CT molecular complexity index is 423. The van der Waals surface area contributed by atoms with Crippen molar-refractivity contribution < 1.29 is 9.59 Å². The number of carbonyl (C=O) groups is 2. The van der Waals surface area contributed by atoms with Gasteiger partial charge in [-0.2, -0.15) is 0 Å². The third-order valence-electron chi connectivity index (χ3n) is 2.32. The van der Waals surface area contributed by atoms with E-state index >= 15 is 0 Å². The highest BCUT2D eigenvalue weighted by atomic mass is 32.2. The summed E-state index contributed by atoms with van der Waals surface area (Å²) in [4.78, 5) is 23.9. The molecule has 72 valence electrons. The van der Waals surface area contributed by atoms with Crippen LogP contribution in [-0.2, 0) is 4.79 Å². The van der Waals surface area contributed by atoms with Crippen molar-refractivity contribution in [2.45, 2.75) is 24.0 Å². The Kier molecular flexibility index (Phi) is 2.19. The lowest BCUT2D eigenvalue weighted by Crippen LogP contribution is -2.19. The average molecular weight is 206 g/mol. The molecule has 0 amide bonds. The van der Waals surface area contributed by atoms with Gasteiger partial charge in [-0.1, -0.05) is 18.2 Å². The highest BCUT2D eigenvalue weighted by molar-refractivity contribution is 8.02. The molecule has 0 fully saturated rings. The van der Waals surface area contributed by atoms with E-state index in [1.165, 1.54) is 18.7 Å². The summed E-state index contributed by atoms with van der Waals surface area (Å²) >= 11 is 1.38. The maximum atomic E-state index is 11.7. The first kappa shape index (κ1) is 9.46. The lowest BCUT2D eigenvalue weighted by atomic mass is 10.0. The van der Waals surface area contributed by atoms with E-state index in [4.69, 9.17) is 0 Å². The normalized spacial score (nSPS) is 19.6. The average Bonchev–Trinajstić information content (AvgIpc) is 2.46. The second kappa shape index (κ2) is 3.24. The van der Waals surface area contributed by atoms with Crippen molar-refractivity contribution in [3.8, 4) is 0 Å². The number of hydrogen-bond donors (Lipinski definition) is 0. The Morgan fingerprint density at radius 1 is 1.43 bits per heavy atom. The van der Waals surface area contributed by atoms with Gasteiger partial charge in [0.25, 0.3) is 0 Å². The van der Waals surface area contributed by atoms with Gasteiger partial charge >= 0.3 is 0 Å². The molecular formula is C11H10O2S. The van der Waals surface area contributed by atoms with Crippen molar-refractivity contribution in [3.05, 3.63) is 29.3 Å². The Hall–Kier alpha value is -1.09. The van der Waals surface area contributed by atoms with Crippen LogP contribution in [0.5, 0.6) is 0 Å². The van der Waals surface area contributed by atoms with E-state index in [2.05, 4.69) is 0 Å². The quantitative estimate of drug-likeness (QED) is 0.661. The summed E-state index contributed by atoms with van der Waals surface area (Å²) in [5.74, 6) is -0.100. The van der Waals surface area contributed by atoms with Crippen LogP contribution >= 0.6 is 11.8 Å². The van der Waals surface area contributed by atoms with E-state index in [9.17, 15) is 9.59 Å². The van der Waals surface area contributed by atoms with Crippen LogP contribution in [0, 0.1) is 6.92 Å². The molecule has 0 bridgehead atoms. The maximum Gasteiger partial charge on any atom is 0.184 e. The molecule has 1 aliphatic rings. The molecule has 0 aromatic heterocycles. The summed E-state index contributed by atoms with van der Waals surface area (Å²) in [6.07, 6.45) is 0.